The molecule has 0 unspecified atom stereocenters. The van der Waals surface area contributed by atoms with Crippen LogP contribution in [0.15, 0.2) is 24.3 Å². The Morgan fingerprint density at radius 3 is 2.88 bits per heavy atom. The first-order valence-electron chi connectivity index (χ1n) is 5.56. The highest BCUT2D eigenvalue weighted by Gasteiger charge is 2.20. The van der Waals surface area contributed by atoms with Gasteiger partial charge in [0.2, 0.25) is 5.91 Å². The monoisotopic (exact) mass is 222 g/mol. The topological polar surface area (TPSA) is 41.1 Å². The molecular weight excluding hydrogens is 207 g/mol. The Morgan fingerprint density at radius 2 is 2.19 bits per heavy atom. The van der Waals surface area contributed by atoms with E-state index in [2.05, 4.69) is 10.6 Å². The van der Waals surface area contributed by atoms with E-state index in [0.717, 1.165) is 25.8 Å². The summed E-state index contributed by atoms with van der Waals surface area (Å²) in [5, 5.41) is 5.73. The van der Waals surface area contributed by atoms with Crippen molar-refractivity contribution in [1.82, 2.24) is 5.32 Å². The van der Waals surface area contributed by atoms with Crippen LogP contribution in [0.4, 0.5) is 10.1 Å². The molecule has 2 N–H and O–H groups in total. The highest BCUT2D eigenvalue weighted by molar-refractivity contribution is 5.94. The fraction of sp³-hybridized carbons (Fsp3) is 0.417. The Labute approximate surface area is 94.0 Å². The van der Waals surface area contributed by atoms with E-state index in [0.29, 0.717) is 0 Å². The highest BCUT2D eigenvalue weighted by atomic mass is 19.1. The molecule has 0 spiro atoms. The van der Waals surface area contributed by atoms with E-state index >= 15 is 0 Å². The molecule has 1 aliphatic heterocycles. The van der Waals surface area contributed by atoms with E-state index in [4.69, 9.17) is 0 Å². The van der Waals surface area contributed by atoms with Crippen LogP contribution in [0.1, 0.15) is 19.3 Å². The summed E-state index contributed by atoms with van der Waals surface area (Å²) in [6, 6.07) is 6.02. The quantitative estimate of drug-likeness (QED) is 0.802. The fourth-order valence-electron chi connectivity index (χ4n) is 1.86. The second-order valence-electron chi connectivity index (χ2n) is 3.97. The van der Waals surface area contributed by atoms with Crippen molar-refractivity contribution in [3.63, 3.8) is 0 Å². The maximum atomic E-state index is 13.3. The molecule has 4 heteroatoms. The van der Waals surface area contributed by atoms with Crippen LogP contribution in [0.25, 0.3) is 0 Å². The van der Waals surface area contributed by atoms with Crippen molar-refractivity contribution in [1.29, 1.82) is 0 Å². The van der Waals surface area contributed by atoms with Gasteiger partial charge in [0.15, 0.2) is 0 Å². The highest BCUT2D eigenvalue weighted by Crippen LogP contribution is 2.14. The molecule has 86 valence electrons. The van der Waals surface area contributed by atoms with Crippen molar-refractivity contribution in [2.75, 3.05) is 11.9 Å². The minimum atomic E-state index is -0.397. The van der Waals surface area contributed by atoms with Gasteiger partial charge in [0.1, 0.15) is 5.82 Å². The van der Waals surface area contributed by atoms with E-state index < -0.39 is 5.82 Å². The summed E-state index contributed by atoms with van der Waals surface area (Å²) < 4.78 is 13.3. The summed E-state index contributed by atoms with van der Waals surface area (Å²) in [5.41, 5.74) is 0.250. The molecule has 1 aliphatic rings. The van der Waals surface area contributed by atoms with Gasteiger partial charge in [-0.1, -0.05) is 18.6 Å². The molecule has 1 fully saturated rings. The van der Waals surface area contributed by atoms with Gasteiger partial charge < -0.3 is 10.6 Å². The number of benzene rings is 1. The summed E-state index contributed by atoms with van der Waals surface area (Å²) in [5.74, 6) is -0.545. The molecular formula is C12H15FN2O. The number of amides is 1. The fourth-order valence-corrected chi connectivity index (χ4v) is 1.86. The van der Waals surface area contributed by atoms with E-state index in [1.54, 1.807) is 18.2 Å². The van der Waals surface area contributed by atoms with Crippen molar-refractivity contribution < 1.29 is 9.18 Å². The third kappa shape index (κ3) is 2.58. The molecule has 3 nitrogen and oxygen atoms in total. The standard InChI is InChI=1S/C12H15FN2O/c13-9-5-1-2-6-10(9)15-12(16)11-7-3-4-8-14-11/h1-2,5-6,11,14H,3-4,7-8H2,(H,15,16)/t11-/m0/s1. The van der Waals surface area contributed by atoms with Gasteiger partial charge >= 0.3 is 0 Å². The molecule has 1 amide bonds. The summed E-state index contributed by atoms with van der Waals surface area (Å²) in [6.45, 7) is 0.857. The predicted octanol–water partition coefficient (Wildman–Crippen LogP) is 1.91. The number of halogens is 1. The van der Waals surface area contributed by atoms with Crippen LogP contribution in [-0.4, -0.2) is 18.5 Å². The number of anilines is 1. The molecule has 0 aromatic heterocycles. The Hall–Kier alpha value is -1.42. The van der Waals surface area contributed by atoms with Gasteiger partial charge in [-0.2, -0.15) is 0 Å². The number of piperidine rings is 1. The zero-order valence-electron chi connectivity index (χ0n) is 9.00. The molecule has 1 aromatic rings. The van der Waals surface area contributed by atoms with E-state index in [9.17, 15) is 9.18 Å². The lowest BCUT2D eigenvalue weighted by atomic mass is 10.0. The number of rotatable bonds is 2. The van der Waals surface area contributed by atoms with Crippen LogP contribution in [0.2, 0.25) is 0 Å². The van der Waals surface area contributed by atoms with Crippen molar-refractivity contribution in [3.05, 3.63) is 30.1 Å². The predicted molar refractivity (Wildman–Crippen MR) is 60.7 cm³/mol. The number of carbonyl (C=O) groups is 1. The maximum absolute atomic E-state index is 13.3. The van der Waals surface area contributed by atoms with Gasteiger partial charge in [-0.25, -0.2) is 4.39 Å². The normalized spacial score (nSPS) is 20.4. The Kier molecular flexibility index (Phi) is 3.51. The molecule has 1 heterocycles. The average Bonchev–Trinajstić information content (AvgIpc) is 2.33. The van der Waals surface area contributed by atoms with Gasteiger partial charge in [-0.05, 0) is 31.5 Å². The molecule has 1 saturated heterocycles. The second-order valence-corrected chi connectivity index (χ2v) is 3.97. The smallest absolute Gasteiger partial charge is 0.241 e. The molecule has 16 heavy (non-hydrogen) atoms. The molecule has 1 atom stereocenters. The van der Waals surface area contributed by atoms with Crippen LogP contribution >= 0.6 is 0 Å². The Morgan fingerprint density at radius 1 is 1.38 bits per heavy atom. The van der Waals surface area contributed by atoms with Crippen LogP contribution in [0.5, 0.6) is 0 Å². The summed E-state index contributed by atoms with van der Waals surface area (Å²) in [7, 11) is 0. The van der Waals surface area contributed by atoms with Gasteiger partial charge in [0, 0.05) is 0 Å². The Bertz CT molecular complexity index is 375. The number of para-hydroxylation sites is 1. The zero-order chi connectivity index (χ0) is 11.4. The third-order valence-electron chi connectivity index (χ3n) is 2.76. The number of carbonyl (C=O) groups excluding carboxylic acids is 1. The lowest BCUT2D eigenvalue weighted by molar-refractivity contribution is -0.118. The van der Waals surface area contributed by atoms with Crippen LogP contribution < -0.4 is 10.6 Å². The van der Waals surface area contributed by atoms with Gasteiger partial charge in [-0.3, -0.25) is 4.79 Å². The van der Waals surface area contributed by atoms with Crippen molar-refractivity contribution in [2.24, 2.45) is 0 Å². The zero-order valence-corrected chi connectivity index (χ0v) is 9.00. The van der Waals surface area contributed by atoms with Gasteiger partial charge in [0.05, 0.1) is 11.7 Å². The maximum Gasteiger partial charge on any atom is 0.241 e. The van der Waals surface area contributed by atoms with Gasteiger partial charge in [-0.15, -0.1) is 0 Å². The molecule has 0 aliphatic carbocycles. The molecule has 1 aromatic carbocycles. The first-order chi connectivity index (χ1) is 7.77. The average molecular weight is 222 g/mol. The first-order valence-corrected chi connectivity index (χ1v) is 5.56. The van der Waals surface area contributed by atoms with Crippen molar-refractivity contribution in [3.8, 4) is 0 Å². The molecule has 0 bridgehead atoms. The first kappa shape index (κ1) is 11.1. The number of hydrogen-bond donors (Lipinski definition) is 2. The van der Waals surface area contributed by atoms with E-state index in [1.807, 2.05) is 0 Å². The van der Waals surface area contributed by atoms with Crippen molar-refractivity contribution >= 4 is 11.6 Å². The second kappa shape index (κ2) is 5.07. The molecule has 0 saturated carbocycles. The van der Waals surface area contributed by atoms with E-state index in [1.165, 1.54) is 6.07 Å². The van der Waals surface area contributed by atoms with Crippen LogP contribution in [0, 0.1) is 5.82 Å². The van der Waals surface area contributed by atoms with Crippen LogP contribution in [0.3, 0.4) is 0 Å². The summed E-state index contributed by atoms with van der Waals surface area (Å²) >= 11 is 0. The van der Waals surface area contributed by atoms with Crippen molar-refractivity contribution in [2.45, 2.75) is 25.3 Å². The minimum absolute atomic E-state index is 0.148. The molecule has 0 radical (unpaired) electrons. The number of hydrogen-bond acceptors (Lipinski definition) is 2. The van der Waals surface area contributed by atoms with Gasteiger partial charge in [0.25, 0.3) is 0 Å². The lowest BCUT2D eigenvalue weighted by Crippen LogP contribution is -2.43. The van der Waals surface area contributed by atoms with Crippen LogP contribution in [-0.2, 0) is 4.79 Å². The van der Waals surface area contributed by atoms with E-state index in [-0.39, 0.29) is 17.6 Å². The summed E-state index contributed by atoms with van der Waals surface area (Å²) in [6.07, 6.45) is 2.96. The third-order valence-corrected chi connectivity index (χ3v) is 2.76. The Balaban J connectivity index is 1.99. The SMILES string of the molecule is O=C(Nc1ccccc1F)[C@@H]1CCCCN1. The minimum Gasteiger partial charge on any atom is -0.322 e. The number of nitrogens with one attached hydrogen (secondary N) is 2. The lowest BCUT2D eigenvalue weighted by Gasteiger charge is -2.22. The largest absolute Gasteiger partial charge is 0.322 e. The summed E-state index contributed by atoms with van der Waals surface area (Å²) in [4.78, 5) is 11.8. The molecule has 2 rings (SSSR count).